The second-order valence-corrected chi connectivity index (χ2v) is 6.20. The zero-order chi connectivity index (χ0) is 22.1. The first kappa shape index (κ1) is 21.4. The monoisotopic (exact) mass is 422 g/mol. The summed E-state index contributed by atoms with van der Waals surface area (Å²) in [7, 11) is 1.45. The van der Waals surface area contributed by atoms with Crippen molar-refractivity contribution < 1.29 is 23.5 Å². The van der Waals surface area contributed by atoms with E-state index in [1.54, 1.807) is 36.5 Å². The standard InChI is InChI=1S/C22H19FN4O4/c1-30-20-11-15(4-9-19(20)31-22(29)16-3-2-10-24-13-16)12-26-27-21(28)14-25-18-7-5-17(23)6-8-18/h2-13,25H,14H2,1H3,(H,27,28)/b26-12+. The van der Waals surface area contributed by atoms with Gasteiger partial charge in [-0.2, -0.15) is 5.10 Å². The summed E-state index contributed by atoms with van der Waals surface area (Å²) in [6, 6.07) is 13.7. The molecule has 3 rings (SSSR count). The number of nitrogens with zero attached hydrogens (tertiary/aromatic N) is 2. The first-order valence-corrected chi connectivity index (χ1v) is 9.17. The molecule has 1 amide bonds. The van der Waals surface area contributed by atoms with E-state index in [1.807, 2.05) is 0 Å². The smallest absolute Gasteiger partial charge is 0.345 e. The van der Waals surface area contributed by atoms with Gasteiger partial charge in [-0.3, -0.25) is 9.78 Å². The minimum atomic E-state index is -0.561. The number of hydrazone groups is 1. The van der Waals surface area contributed by atoms with E-state index >= 15 is 0 Å². The topological polar surface area (TPSA) is 102 Å². The van der Waals surface area contributed by atoms with Crippen LogP contribution in [0.3, 0.4) is 0 Å². The molecule has 0 saturated carbocycles. The molecule has 158 valence electrons. The Labute approximate surface area is 177 Å². The number of aromatic nitrogens is 1. The van der Waals surface area contributed by atoms with Crippen LogP contribution in [-0.4, -0.2) is 36.7 Å². The number of methoxy groups -OCH3 is 1. The first-order valence-electron chi connectivity index (χ1n) is 9.17. The van der Waals surface area contributed by atoms with Gasteiger partial charge in [0.1, 0.15) is 5.82 Å². The van der Waals surface area contributed by atoms with Crippen molar-refractivity contribution in [3.8, 4) is 11.5 Å². The van der Waals surface area contributed by atoms with E-state index in [9.17, 15) is 14.0 Å². The molecule has 0 spiro atoms. The molecule has 0 atom stereocenters. The van der Waals surface area contributed by atoms with Gasteiger partial charge >= 0.3 is 5.97 Å². The molecule has 0 radical (unpaired) electrons. The van der Waals surface area contributed by atoms with Crippen LogP contribution in [0, 0.1) is 5.82 Å². The van der Waals surface area contributed by atoms with Crippen LogP contribution in [0.2, 0.25) is 0 Å². The van der Waals surface area contributed by atoms with Crippen LogP contribution in [0.15, 0.2) is 72.1 Å². The zero-order valence-electron chi connectivity index (χ0n) is 16.5. The zero-order valence-corrected chi connectivity index (χ0v) is 16.5. The molecule has 0 aliphatic heterocycles. The molecular weight excluding hydrogens is 403 g/mol. The highest BCUT2D eigenvalue weighted by molar-refractivity contribution is 5.91. The maximum Gasteiger partial charge on any atom is 0.345 e. The minimum Gasteiger partial charge on any atom is -0.493 e. The van der Waals surface area contributed by atoms with E-state index in [0.29, 0.717) is 22.6 Å². The lowest BCUT2D eigenvalue weighted by atomic mass is 10.2. The number of anilines is 1. The van der Waals surface area contributed by atoms with Crippen molar-refractivity contribution >= 4 is 23.8 Å². The molecule has 0 unspecified atom stereocenters. The number of esters is 1. The predicted octanol–water partition coefficient (Wildman–Crippen LogP) is 3.01. The molecule has 0 saturated heterocycles. The second kappa shape index (κ2) is 10.5. The Bertz CT molecular complexity index is 1070. The SMILES string of the molecule is COc1cc(/C=N/NC(=O)CNc2ccc(F)cc2)ccc1OC(=O)c1cccnc1. The van der Waals surface area contributed by atoms with Crippen LogP contribution in [0.25, 0.3) is 0 Å². The van der Waals surface area contributed by atoms with Crippen molar-refractivity contribution in [2.24, 2.45) is 5.10 Å². The first-order chi connectivity index (χ1) is 15.0. The molecule has 1 heterocycles. The lowest BCUT2D eigenvalue weighted by Gasteiger charge is -2.09. The Balaban J connectivity index is 1.55. The summed E-state index contributed by atoms with van der Waals surface area (Å²) in [5.41, 5.74) is 3.92. The third-order valence-corrected chi connectivity index (χ3v) is 3.99. The van der Waals surface area contributed by atoms with Crippen molar-refractivity contribution in [2.45, 2.75) is 0 Å². The number of rotatable bonds is 8. The summed E-state index contributed by atoms with van der Waals surface area (Å²) in [6.45, 7) is -0.0322. The van der Waals surface area contributed by atoms with Gasteiger partial charge in [0.25, 0.3) is 5.91 Å². The van der Waals surface area contributed by atoms with Crippen molar-refractivity contribution in [3.05, 3.63) is 83.9 Å². The summed E-state index contributed by atoms with van der Waals surface area (Å²) in [5, 5.41) is 6.74. The molecule has 2 N–H and O–H groups in total. The van der Waals surface area contributed by atoms with E-state index in [1.165, 1.54) is 43.8 Å². The van der Waals surface area contributed by atoms with E-state index < -0.39 is 5.97 Å². The molecule has 8 nitrogen and oxygen atoms in total. The van der Waals surface area contributed by atoms with E-state index in [-0.39, 0.29) is 24.0 Å². The van der Waals surface area contributed by atoms with E-state index in [2.05, 4.69) is 20.8 Å². The van der Waals surface area contributed by atoms with Crippen molar-refractivity contribution in [1.82, 2.24) is 10.4 Å². The molecule has 0 fully saturated rings. The summed E-state index contributed by atoms with van der Waals surface area (Å²) >= 11 is 0. The second-order valence-electron chi connectivity index (χ2n) is 6.20. The van der Waals surface area contributed by atoms with Crippen LogP contribution in [0.1, 0.15) is 15.9 Å². The molecule has 0 bridgehead atoms. The van der Waals surface area contributed by atoms with Crippen molar-refractivity contribution in [1.29, 1.82) is 0 Å². The molecular formula is C22H19FN4O4. The number of hydrogen-bond acceptors (Lipinski definition) is 7. The van der Waals surface area contributed by atoms with E-state index in [0.717, 1.165) is 0 Å². The molecule has 0 aliphatic rings. The average molecular weight is 422 g/mol. The molecule has 9 heteroatoms. The molecule has 31 heavy (non-hydrogen) atoms. The molecule has 3 aromatic rings. The van der Waals surface area contributed by atoms with Crippen LogP contribution in [0.4, 0.5) is 10.1 Å². The fraction of sp³-hybridized carbons (Fsp3) is 0.0909. The van der Waals surface area contributed by atoms with Gasteiger partial charge in [-0.15, -0.1) is 0 Å². The number of benzene rings is 2. The summed E-state index contributed by atoms with van der Waals surface area (Å²) in [5.74, 6) is -0.734. The van der Waals surface area contributed by atoms with E-state index in [4.69, 9.17) is 9.47 Å². The third kappa shape index (κ3) is 6.36. The maximum atomic E-state index is 12.9. The number of nitrogens with one attached hydrogen (secondary N) is 2. The largest absolute Gasteiger partial charge is 0.493 e. The van der Waals surface area contributed by atoms with Gasteiger partial charge in [-0.1, -0.05) is 0 Å². The fourth-order valence-corrected chi connectivity index (χ4v) is 2.46. The molecule has 0 aliphatic carbocycles. The third-order valence-electron chi connectivity index (χ3n) is 3.99. The lowest BCUT2D eigenvalue weighted by molar-refractivity contribution is -0.119. The average Bonchev–Trinajstić information content (AvgIpc) is 2.80. The minimum absolute atomic E-state index is 0.0322. The van der Waals surface area contributed by atoms with Crippen LogP contribution in [0.5, 0.6) is 11.5 Å². The number of ether oxygens (including phenoxy) is 2. The number of hydrogen-bond donors (Lipinski definition) is 2. The lowest BCUT2D eigenvalue weighted by Crippen LogP contribution is -2.25. The summed E-state index contributed by atoms with van der Waals surface area (Å²) in [4.78, 5) is 27.9. The number of carbonyl (C=O) groups excluding carboxylic acids is 2. The van der Waals surface area contributed by atoms with Gasteiger partial charge in [-0.05, 0) is 60.2 Å². The van der Waals surface area contributed by atoms with Gasteiger partial charge < -0.3 is 14.8 Å². The number of amides is 1. The van der Waals surface area contributed by atoms with Gasteiger partial charge in [0.05, 0.1) is 25.4 Å². The number of pyridine rings is 1. The maximum absolute atomic E-state index is 12.9. The van der Waals surface area contributed by atoms with Gasteiger partial charge in [0.2, 0.25) is 0 Å². The van der Waals surface area contributed by atoms with Gasteiger partial charge in [0, 0.05) is 18.1 Å². The van der Waals surface area contributed by atoms with Crippen molar-refractivity contribution in [3.63, 3.8) is 0 Å². The predicted molar refractivity (Wildman–Crippen MR) is 113 cm³/mol. The number of carbonyl (C=O) groups is 2. The Kier molecular flexibility index (Phi) is 7.26. The summed E-state index contributed by atoms with van der Waals surface area (Å²) < 4.78 is 23.5. The van der Waals surface area contributed by atoms with Crippen molar-refractivity contribution in [2.75, 3.05) is 19.0 Å². The van der Waals surface area contributed by atoms with Gasteiger partial charge in [0.15, 0.2) is 11.5 Å². The highest BCUT2D eigenvalue weighted by Crippen LogP contribution is 2.28. The highest BCUT2D eigenvalue weighted by Gasteiger charge is 2.12. The Morgan fingerprint density at radius 3 is 2.65 bits per heavy atom. The van der Waals surface area contributed by atoms with Crippen LogP contribution in [-0.2, 0) is 4.79 Å². The Morgan fingerprint density at radius 2 is 1.94 bits per heavy atom. The summed E-state index contributed by atoms with van der Waals surface area (Å²) in [6.07, 6.45) is 4.39. The fourth-order valence-electron chi connectivity index (χ4n) is 2.46. The highest BCUT2D eigenvalue weighted by atomic mass is 19.1. The normalized spacial score (nSPS) is 10.5. The van der Waals surface area contributed by atoms with Gasteiger partial charge in [-0.25, -0.2) is 14.6 Å². The quantitative estimate of drug-likeness (QED) is 0.250. The number of halogens is 1. The van der Waals surface area contributed by atoms with Crippen LogP contribution < -0.4 is 20.2 Å². The van der Waals surface area contributed by atoms with Crippen LogP contribution >= 0.6 is 0 Å². The Morgan fingerprint density at radius 1 is 1.13 bits per heavy atom. The Hall–Kier alpha value is -4.27. The molecule has 2 aromatic carbocycles. The molecule has 1 aromatic heterocycles.